The Balaban J connectivity index is 2.99. The maximum Gasteiger partial charge on any atom is 0.125 e. The molecule has 0 aliphatic rings. The SMILES string of the molecule is CCC(C)c1csc(C(CC)(CC)OC)n1. The summed E-state index contributed by atoms with van der Waals surface area (Å²) < 4.78 is 5.70. The quantitative estimate of drug-likeness (QED) is 0.740. The van der Waals surface area contributed by atoms with Crippen LogP contribution in [0.2, 0.25) is 0 Å². The van der Waals surface area contributed by atoms with Crippen molar-refractivity contribution >= 4 is 11.3 Å². The lowest BCUT2D eigenvalue weighted by Crippen LogP contribution is -2.26. The second kappa shape index (κ2) is 5.78. The molecule has 0 bridgehead atoms. The van der Waals surface area contributed by atoms with Crippen LogP contribution in [0.1, 0.15) is 63.6 Å². The lowest BCUT2D eigenvalue weighted by molar-refractivity contribution is -0.0220. The molecule has 0 aliphatic carbocycles. The number of thiazole rings is 1. The van der Waals surface area contributed by atoms with Crippen LogP contribution in [0, 0.1) is 0 Å². The van der Waals surface area contributed by atoms with Crippen LogP contribution < -0.4 is 0 Å². The van der Waals surface area contributed by atoms with Gasteiger partial charge in [-0.15, -0.1) is 11.3 Å². The smallest absolute Gasteiger partial charge is 0.125 e. The average molecular weight is 241 g/mol. The molecule has 0 aromatic carbocycles. The van der Waals surface area contributed by atoms with Crippen molar-refractivity contribution in [3.05, 3.63) is 16.1 Å². The number of nitrogens with zero attached hydrogens (tertiary/aromatic N) is 1. The van der Waals surface area contributed by atoms with Gasteiger partial charge >= 0.3 is 0 Å². The summed E-state index contributed by atoms with van der Waals surface area (Å²) in [6, 6.07) is 0. The van der Waals surface area contributed by atoms with Crippen LogP contribution in [0.15, 0.2) is 5.38 Å². The molecule has 1 aromatic rings. The van der Waals surface area contributed by atoms with Crippen LogP contribution in [-0.2, 0) is 10.3 Å². The number of ether oxygens (including phenoxy) is 1. The van der Waals surface area contributed by atoms with Gasteiger partial charge in [0.25, 0.3) is 0 Å². The highest BCUT2D eigenvalue weighted by Gasteiger charge is 2.31. The van der Waals surface area contributed by atoms with Gasteiger partial charge in [0.15, 0.2) is 0 Å². The van der Waals surface area contributed by atoms with Gasteiger partial charge in [-0.05, 0) is 25.2 Å². The van der Waals surface area contributed by atoms with E-state index in [1.54, 1.807) is 18.4 Å². The van der Waals surface area contributed by atoms with Crippen LogP contribution >= 0.6 is 11.3 Å². The summed E-state index contributed by atoms with van der Waals surface area (Å²) in [5.74, 6) is 0.549. The molecule has 0 spiro atoms. The zero-order valence-corrected chi connectivity index (χ0v) is 11.9. The van der Waals surface area contributed by atoms with Gasteiger partial charge < -0.3 is 4.74 Å². The molecule has 0 saturated heterocycles. The average Bonchev–Trinajstić information content (AvgIpc) is 2.81. The highest BCUT2D eigenvalue weighted by atomic mass is 32.1. The first-order chi connectivity index (χ1) is 7.63. The lowest BCUT2D eigenvalue weighted by atomic mass is 9.98. The summed E-state index contributed by atoms with van der Waals surface area (Å²) >= 11 is 1.74. The predicted octanol–water partition coefficient (Wildman–Crippen LogP) is 4.32. The first-order valence-electron chi connectivity index (χ1n) is 6.14. The van der Waals surface area contributed by atoms with Crippen LogP contribution in [0.3, 0.4) is 0 Å². The van der Waals surface area contributed by atoms with E-state index in [4.69, 9.17) is 9.72 Å². The largest absolute Gasteiger partial charge is 0.371 e. The summed E-state index contributed by atoms with van der Waals surface area (Å²) in [7, 11) is 1.79. The standard InChI is InChI=1S/C13H23NOS/c1-6-10(4)11-9-16-12(14-11)13(7-2,8-3)15-5/h9-10H,6-8H2,1-5H3. The van der Waals surface area contributed by atoms with Crippen molar-refractivity contribution in [2.75, 3.05) is 7.11 Å². The summed E-state index contributed by atoms with van der Waals surface area (Å²) in [5.41, 5.74) is 1.04. The normalized spacial score (nSPS) is 14.1. The molecule has 0 N–H and O–H groups in total. The number of methoxy groups -OCH3 is 1. The van der Waals surface area contributed by atoms with Gasteiger partial charge in [0, 0.05) is 12.5 Å². The molecule has 0 fully saturated rings. The molecule has 0 aliphatic heterocycles. The third-order valence-electron chi connectivity index (χ3n) is 3.56. The van der Waals surface area contributed by atoms with E-state index in [1.807, 2.05) is 0 Å². The van der Waals surface area contributed by atoms with Gasteiger partial charge in [-0.1, -0.05) is 27.7 Å². The zero-order chi connectivity index (χ0) is 12.2. The molecule has 0 amide bonds. The Kier molecular flexibility index (Phi) is 4.93. The Labute approximate surface area is 103 Å². The van der Waals surface area contributed by atoms with Gasteiger partial charge in [-0.3, -0.25) is 0 Å². The molecule has 1 heterocycles. The van der Waals surface area contributed by atoms with E-state index in [-0.39, 0.29) is 5.60 Å². The van der Waals surface area contributed by atoms with Crippen LogP contribution in [0.25, 0.3) is 0 Å². The van der Waals surface area contributed by atoms with Crippen molar-refractivity contribution in [2.45, 2.75) is 58.5 Å². The van der Waals surface area contributed by atoms with Crippen LogP contribution in [0.4, 0.5) is 0 Å². The summed E-state index contributed by atoms with van der Waals surface area (Å²) in [6.07, 6.45) is 3.10. The predicted molar refractivity (Wildman–Crippen MR) is 70.1 cm³/mol. The number of aromatic nitrogens is 1. The van der Waals surface area contributed by atoms with Gasteiger partial charge in [0.1, 0.15) is 10.6 Å². The highest BCUT2D eigenvalue weighted by Crippen LogP contribution is 2.35. The lowest BCUT2D eigenvalue weighted by Gasteiger charge is -2.27. The fourth-order valence-electron chi connectivity index (χ4n) is 1.86. The summed E-state index contributed by atoms with van der Waals surface area (Å²) in [6.45, 7) is 8.76. The molecule has 2 nitrogen and oxygen atoms in total. The topological polar surface area (TPSA) is 22.1 Å². The minimum Gasteiger partial charge on any atom is -0.371 e. The van der Waals surface area contributed by atoms with Crippen molar-refractivity contribution in [2.24, 2.45) is 0 Å². The molecule has 1 atom stereocenters. The number of hydrogen-bond acceptors (Lipinski definition) is 3. The van der Waals surface area contributed by atoms with Crippen molar-refractivity contribution in [1.29, 1.82) is 0 Å². The monoisotopic (exact) mass is 241 g/mol. The Hall–Kier alpha value is -0.410. The van der Waals surface area contributed by atoms with Crippen LogP contribution in [0.5, 0.6) is 0 Å². The number of hydrogen-bond donors (Lipinski definition) is 0. The Morgan fingerprint density at radius 1 is 1.38 bits per heavy atom. The Morgan fingerprint density at radius 3 is 2.44 bits per heavy atom. The minimum atomic E-state index is -0.170. The van der Waals surface area contributed by atoms with Gasteiger partial charge in [0.2, 0.25) is 0 Å². The molecule has 1 unspecified atom stereocenters. The first-order valence-corrected chi connectivity index (χ1v) is 7.02. The van der Waals surface area contributed by atoms with Crippen molar-refractivity contribution < 1.29 is 4.74 Å². The second-order valence-electron chi connectivity index (χ2n) is 4.29. The van der Waals surface area contributed by atoms with E-state index >= 15 is 0 Å². The van der Waals surface area contributed by atoms with Crippen LogP contribution in [-0.4, -0.2) is 12.1 Å². The Morgan fingerprint density at radius 2 is 2.00 bits per heavy atom. The molecule has 92 valence electrons. The van der Waals surface area contributed by atoms with Crippen molar-refractivity contribution in [3.63, 3.8) is 0 Å². The second-order valence-corrected chi connectivity index (χ2v) is 5.15. The molecule has 1 aromatic heterocycles. The van der Waals surface area contributed by atoms with Gasteiger partial charge in [0.05, 0.1) is 5.69 Å². The van der Waals surface area contributed by atoms with Crippen molar-refractivity contribution in [1.82, 2.24) is 4.98 Å². The maximum absolute atomic E-state index is 5.70. The fourth-order valence-corrected chi connectivity index (χ4v) is 3.12. The van der Waals surface area contributed by atoms with E-state index in [0.29, 0.717) is 5.92 Å². The summed E-state index contributed by atoms with van der Waals surface area (Å²) in [4.78, 5) is 4.76. The third kappa shape index (κ3) is 2.46. The minimum absolute atomic E-state index is 0.170. The molecule has 0 saturated carbocycles. The van der Waals surface area contributed by atoms with E-state index in [0.717, 1.165) is 24.3 Å². The van der Waals surface area contributed by atoms with E-state index in [9.17, 15) is 0 Å². The van der Waals surface area contributed by atoms with Gasteiger partial charge in [-0.2, -0.15) is 0 Å². The highest BCUT2D eigenvalue weighted by molar-refractivity contribution is 7.09. The fraction of sp³-hybridized carbons (Fsp3) is 0.769. The van der Waals surface area contributed by atoms with Crippen molar-refractivity contribution in [3.8, 4) is 0 Å². The molecular weight excluding hydrogens is 218 g/mol. The first kappa shape index (κ1) is 13.7. The maximum atomic E-state index is 5.70. The molecular formula is C13H23NOS. The number of rotatable bonds is 6. The summed E-state index contributed by atoms with van der Waals surface area (Å²) in [5, 5.41) is 3.32. The third-order valence-corrected chi connectivity index (χ3v) is 4.61. The van der Waals surface area contributed by atoms with E-state index in [2.05, 4.69) is 33.1 Å². The molecule has 0 radical (unpaired) electrons. The molecule has 1 rings (SSSR count). The van der Waals surface area contributed by atoms with E-state index < -0.39 is 0 Å². The molecule has 3 heteroatoms. The van der Waals surface area contributed by atoms with E-state index in [1.165, 1.54) is 5.69 Å². The molecule has 16 heavy (non-hydrogen) atoms. The van der Waals surface area contributed by atoms with Gasteiger partial charge in [-0.25, -0.2) is 4.98 Å². The Bertz CT molecular complexity index is 309. The zero-order valence-electron chi connectivity index (χ0n) is 11.0.